The molecule has 4 fully saturated rings. The van der Waals surface area contributed by atoms with Crippen LogP contribution < -0.4 is 5.32 Å². The van der Waals surface area contributed by atoms with Gasteiger partial charge in [-0.2, -0.15) is 4.31 Å². The number of nitrogens with zero attached hydrogens (tertiary/aromatic N) is 1. The van der Waals surface area contributed by atoms with Crippen LogP contribution in [0, 0.1) is 50.9 Å². The highest BCUT2D eigenvalue weighted by atomic mass is 32.2. The molecule has 7 rings (SSSR count). The Morgan fingerprint density at radius 2 is 1.46 bits per heavy atom. The average molecular weight is 521 g/mol. The Morgan fingerprint density at radius 1 is 0.919 bits per heavy atom. The van der Waals surface area contributed by atoms with Crippen LogP contribution in [-0.4, -0.2) is 31.2 Å². The van der Waals surface area contributed by atoms with Gasteiger partial charge in [0.1, 0.15) is 6.04 Å². The van der Waals surface area contributed by atoms with Gasteiger partial charge in [-0.05, 0) is 129 Å². The molecule has 1 N–H and O–H groups in total. The molecule has 0 spiro atoms. The Kier molecular flexibility index (Phi) is 6.07. The normalized spacial score (nSPS) is 30.8. The average Bonchev–Trinajstić information content (AvgIpc) is 2.84. The number of benzene rings is 2. The van der Waals surface area contributed by atoms with Crippen LogP contribution >= 0.6 is 0 Å². The van der Waals surface area contributed by atoms with Crippen molar-refractivity contribution in [3.05, 3.63) is 63.7 Å². The highest BCUT2D eigenvalue weighted by Crippen LogP contribution is 2.59. The monoisotopic (exact) mass is 520 g/mol. The van der Waals surface area contributed by atoms with Crippen molar-refractivity contribution in [3.8, 4) is 0 Å². The molecule has 5 nitrogen and oxygen atoms in total. The summed E-state index contributed by atoms with van der Waals surface area (Å²) in [5.74, 6) is 2.31. The summed E-state index contributed by atoms with van der Waals surface area (Å²) in [5, 5.41) is 3.30. The lowest BCUT2D eigenvalue weighted by Gasteiger charge is -2.57. The number of aryl methyl sites for hydroxylation is 2. The third kappa shape index (κ3) is 4.24. The van der Waals surface area contributed by atoms with Gasteiger partial charge in [0.25, 0.3) is 0 Å². The van der Waals surface area contributed by atoms with Gasteiger partial charge in [-0.3, -0.25) is 4.79 Å². The van der Waals surface area contributed by atoms with E-state index in [1.807, 2.05) is 58.0 Å². The van der Waals surface area contributed by atoms with Crippen LogP contribution in [0.25, 0.3) is 0 Å². The minimum atomic E-state index is -3.90. The van der Waals surface area contributed by atoms with Crippen molar-refractivity contribution in [2.75, 3.05) is 6.54 Å². The standard InChI is InChI=1S/C31H40N2O3S/c1-19-9-20(2)22(4)29(21(19)3)37(35,36)33-17-27-8-6-5-7-26(27)13-28(33)30(34)32-18-31-14-23-10-24(15-31)12-25(11-23)16-31/h5-9,23-25,28H,10-18H2,1-4H3,(H,32,34)/t23?,24?,25?,28-,31?/m1/s1. The van der Waals surface area contributed by atoms with E-state index in [1.54, 1.807) is 0 Å². The maximum Gasteiger partial charge on any atom is 0.244 e. The Bertz CT molecular complexity index is 1300. The van der Waals surface area contributed by atoms with Gasteiger partial charge in [-0.25, -0.2) is 8.42 Å². The van der Waals surface area contributed by atoms with Gasteiger partial charge in [-0.1, -0.05) is 30.3 Å². The molecular weight excluding hydrogens is 480 g/mol. The summed E-state index contributed by atoms with van der Waals surface area (Å²) in [5.41, 5.74) is 5.73. The molecule has 4 bridgehead atoms. The summed E-state index contributed by atoms with van der Waals surface area (Å²) in [6.45, 7) is 8.59. The van der Waals surface area contributed by atoms with Crippen LogP contribution in [0.5, 0.6) is 0 Å². The lowest BCUT2D eigenvalue weighted by molar-refractivity contribution is -0.127. The van der Waals surface area contributed by atoms with Crippen LogP contribution in [0.2, 0.25) is 0 Å². The predicted molar refractivity (Wildman–Crippen MR) is 146 cm³/mol. The van der Waals surface area contributed by atoms with E-state index < -0.39 is 16.1 Å². The summed E-state index contributed by atoms with van der Waals surface area (Å²) in [6.07, 6.45) is 8.17. The molecule has 0 unspecified atom stereocenters. The minimum Gasteiger partial charge on any atom is -0.354 e. The van der Waals surface area contributed by atoms with Crippen molar-refractivity contribution in [2.45, 2.75) is 90.1 Å². The van der Waals surface area contributed by atoms with Crippen molar-refractivity contribution < 1.29 is 13.2 Å². The molecule has 0 aromatic heterocycles. The SMILES string of the molecule is Cc1cc(C)c(C)c(S(=O)(=O)N2Cc3ccccc3C[C@@H]2C(=O)NCC23CC4CC(CC(C4)C2)C3)c1C. The fourth-order valence-electron chi connectivity index (χ4n) is 8.56. The van der Waals surface area contributed by atoms with Gasteiger partial charge in [0, 0.05) is 13.1 Å². The van der Waals surface area contributed by atoms with Gasteiger partial charge >= 0.3 is 0 Å². The first-order chi connectivity index (χ1) is 17.6. The molecule has 4 aliphatic carbocycles. The van der Waals surface area contributed by atoms with Crippen LogP contribution in [0.3, 0.4) is 0 Å². The summed E-state index contributed by atoms with van der Waals surface area (Å²) in [6, 6.07) is 9.25. The summed E-state index contributed by atoms with van der Waals surface area (Å²) in [4.78, 5) is 14.2. The molecule has 198 valence electrons. The molecule has 5 aliphatic rings. The van der Waals surface area contributed by atoms with Crippen molar-refractivity contribution in [1.29, 1.82) is 0 Å². The minimum absolute atomic E-state index is 0.145. The second kappa shape index (κ2) is 8.94. The number of rotatable bonds is 5. The van der Waals surface area contributed by atoms with Crippen molar-refractivity contribution >= 4 is 15.9 Å². The first kappa shape index (κ1) is 25.1. The van der Waals surface area contributed by atoms with Gasteiger partial charge in [0.05, 0.1) is 4.90 Å². The number of carbonyl (C=O) groups excluding carboxylic acids is 1. The molecule has 6 heteroatoms. The van der Waals surface area contributed by atoms with E-state index in [0.717, 1.165) is 51.1 Å². The van der Waals surface area contributed by atoms with E-state index >= 15 is 0 Å². The summed E-state index contributed by atoms with van der Waals surface area (Å²) >= 11 is 0. The fraction of sp³-hybridized carbons (Fsp3) is 0.581. The number of carbonyl (C=O) groups is 1. The molecule has 4 saturated carbocycles. The molecule has 2 aromatic rings. The highest BCUT2D eigenvalue weighted by molar-refractivity contribution is 7.89. The third-order valence-corrected chi connectivity index (χ3v) is 12.3. The molecule has 0 radical (unpaired) electrons. The van der Waals surface area contributed by atoms with Crippen LogP contribution in [0.4, 0.5) is 0 Å². The smallest absolute Gasteiger partial charge is 0.244 e. The van der Waals surface area contributed by atoms with Gasteiger partial charge < -0.3 is 5.32 Å². The summed E-state index contributed by atoms with van der Waals surface area (Å²) in [7, 11) is -3.90. The first-order valence-electron chi connectivity index (χ1n) is 14.0. The van der Waals surface area contributed by atoms with E-state index in [2.05, 4.69) is 5.32 Å². The lowest BCUT2D eigenvalue weighted by atomic mass is 9.49. The van der Waals surface area contributed by atoms with Crippen molar-refractivity contribution in [1.82, 2.24) is 9.62 Å². The van der Waals surface area contributed by atoms with Crippen molar-refractivity contribution in [2.24, 2.45) is 23.2 Å². The third-order valence-electron chi connectivity index (χ3n) is 10.2. The van der Waals surface area contributed by atoms with E-state index in [-0.39, 0.29) is 17.9 Å². The van der Waals surface area contributed by atoms with Crippen LogP contribution in [0.1, 0.15) is 71.9 Å². The van der Waals surface area contributed by atoms with Gasteiger partial charge in [0.15, 0.2) is 0 Å². The molecular formula is C31H40N2O3S. The second-order valence-corrected chi connectivity index (χ2v) is 14.6. The maximum absolute atomic E-state index is 14.3. The Hall–Kier alpha value is -2.18. The fourth-order valence-corrected chi connectivity index (χ4v) is 10.7. The number of sulfonamides is 1. The topological polar surface area (TPSA) is 66.5 Å². The Balaban J connectivity index is 1.32. The van der Waals surface area contributed by atoms with Gasteiger partial charge in [-0.15, -0.1) is 0 Å². The first-order valence-corrected chi connectivity index (χ1v) is 15.4. The molecule has 1 amide bonds. The predicted octanol–water partition coefficient (Wildman–Crippen LogP) is 5.37. The van der Waals surface area contributed by atoms with Gasteiger partial charge in [0.2, 0.25) is 15.9 Å². The highest BCUT2D eigenvalue weighted by Gasteiger charge is 2.51. The maximum atomic E-state index is 14.3. The number of hydrogen-bond acceptors (Lipinski definition) is 3. The molecule has 1 aliphatic heterocycles. The number of amides is 1. The Morgan fingerprint density at radius 3 is 2.03 bits per heavy atom. The van der Waals surface area contributed by atoms with E-state index in [0.29, 0.717) is 17.9 Å². The summed E-state index contributed by atoms with van der Waals surface area (Å²) < 4.78 is 30.1. The largest absolute Gasteiger partial charge is 0.354 e. The van der Waals surface area contributed by atoms with E-state index in [4.69, 9.17) is 0 Å². The second-order valence-electron chi connectivity index (χ2n) is 12.8. The lowest BCUT2D eigenvalue weighted by Crippen LogP contribution is -2.56. The Labute approximate surface area is 222 Å². The molecule has 2 aromatic carbocycles. The number of nitrogens with one attached hydrogen (secondary N) is 1. The number of fused-ring (bicyclic) bond motifs is 1. The zero-order valence-electron chi connectivity index (χ0n) is 22.6. The zero-order valence-corrected chi connectivity index (χ0v) is 23.5. The molecule has 1 heterocycles. The molecule has 1 atom stereocenters. The van der Waals surface area contributed by atoms with E-state index in [9.17, 15) is 13.2 Å². The van der Waals surface area contributed by atoms with Crippen LogP contribution in [0.15, 0.2) is 35.2 Å². The van der Waals surface area contributed by atoms with E-state index in [1.165, 1.54) is 42.8 Å². The quantitative estimate of drug-likeness (QED) is 0.577. The molecule has 0 saturated heterocycles. The van der Waals surface area contributed by atoms with Crippen molar-refractivity contribution in [3.63, 3.8) is 0 Å². The zero-order chi connectivity index (χ0) is 26.1. The molecule has 37 heavy (non-hydrogen) atoms. The van der Waals surface area contributed by atoms with Crippen LogP contribution in [-0.2, 0) is 27.8 Å². The number of hydrogen-bond donors (Lipinski definition) is 1.